The van der Waals surface area contributed by atoms with Crippen LogP contribution in [0.4, 0.5) is 10.5 Å². The van der Waals surface area contributed by atoms with Gasteiger partial charge in [-0.05, 0) is 31.2 Å². The van der Waals surface area contributed by atoms with Gasteiger partial charge in [-0.2, -0.15) is 0 Å². The number of nitrogens with one attached hydrogen (secondary N) is 1. The number of ether oxygens (including phenoxy) is 1. The highest BCUT2D eigenvalue weighted by Crippen LogP contribution is 2.25. The van der Waals surface area contributed by atoms with E-state index in [0.29, 0.717) is 18.8 Å². The predicted molar refractivity (Wildman–Crippen MR) is 97.3 cm³/mol. The summed E-state index contributed by atoms with van der Waals surface area (Å²) < 4.78 is 7.47. The van der Waals surface area contributed by atoms with Crippen molar-refractivity contribution in [1.82, 2.24) is 19.9 Å². The molecule has 1 aliphatic heterocycles. The molecule has 3 aromatic rings. The summed E-state index contributed by atoms with van der Waals surface area (Å²) in [5.74, 6) is 0.836. The van der Waals surface area contributed by atoms with Crippen LogP contribution in [0.2, 0.25) is 0 Å². The van der Waals surface area contributed by atoms with Crippen LogP contribution >= 0.6 is 0 Å². The number of urea groups is 1. The van der Waals surface area contributed by atoms with Crippen LogP contribution < -0.4 is 10.1 Å². The summed E-state index contributed by atoms with van der Waals surface area (Å²) in [5, 5.41) is 10.8. The Labute approximate surface area is 151 Å². The monoisotopic (exact) mass is 349 g/mol. The van der Waals surface area contributed by atoms with Gasteiger partial charge in [0.1, 0.15) is 12.4 Å². The van der Waals surface area contributed by atoms with Crippen LogP contribution in [0.25, 0.3) is 5.69 Å². The molecule has 1 N–H and O–H groups in total. The number of fused-ring (bicyclic) bond motifs is 1. The molecular formula is C19H19N5O2. The summed E-state index contributed by atoms with van der Waals surface area (Å²) in [4.78, 5) is 14.6. The van der Waals surface area contributed by atoms with Gasteiger partial charge in [-0.3, -0.25) is 0 Å². The number of amides is 2. The van der Waals surface area contributed by atoms with Gasteiger partial charge >= 0.3 is 6.03 Å². The lowest BCUT2D eigenvalue weighted by molar-refractivity contribution is 0.168. The van der Waals surface area contributed by atoms with E-state index >= 15 is 0 Å². The highest BCUT2D eigenvalue weighted by Gasteiger charge is 2.25. The molecule has 1 unspecified atom stereocenters. The second-order valence-electron chi connectivity index (χ2n) is 6.22. The van der Waals surface area contributed by atoms with Crippen molar-refractivity contribution in [3.63, 3.8) is 0 Å². The second kappa shape index (κ2) is 6.87. The fourth-order valence-electron chi connectivity index (χ4n) is 2.95. The van der Waals surface area contributed by atoms with Crippen LogP contribution in [0.3, 0.4) is 0 Å². The minimum atomic E-state index is -0.159. The maximum absolute atomic E-state index is 12.9. The van der Waals surface area contributed by atoms with E-state index in [0.717, 1.165) is 17.0 Å². The molecule has 7 heteroatoms. The van der Waals surface area contributed by atoms with Gasteiger partial charge in [0.15, 0.2) is 0 Å². The quantitative estimate of drug-likeness (QED) is 0.772. The Balaban J connectivity index is 1.53. The molecule has 2 heterocycles. The SMILES string of the molecule is CC1COc2ccccc2CN1C(=O)Nc1cccc(-n2ccnn2)c1. The molecule has 1 atom stereocenters. The van der Waals surface area contributed by atoms with Crippen LogP contribution in [-0.4, -0.2) is 38.6 Å². The van der Waals surface area contributed by atoms with E-state index in [9.17, 15) is 4.79 Å². The van der Waals surface area contributed by atoms with Crippen molar-refractivity contribution in [1.29, 1.82) is 0 Å². The number of anilines is 1. The van der Waals surface area contributed by atoms with Gasteiger partial charge in [0.25, 0.3) is 0 Å². The third-order valence-corrected chi connectivity index (χ3v) is 4.37. The van der Waals surface area contributed by atoms with Gasteiger partial charge in [-0.15, -0.1) is 5.10 Å². The topological polar surface area (TPSA) is 72.3 Å². The largest absolute Gasteiger partial charge is 0.491 e. The van der Waals surface area contributed by atoms with Gasteiger partial charge < -0.3 is 15.0 Å². The molecule has 2 aromatic carbocycles. The van der Waals surface area contributed by atoms with E-state index in [1.165, 1.54) is 0 Å². The first-order chi connectivity index (χ1) is 12.7. The fourth-order valence-corrected chi connectivity index (χ4v) is 2.95. The maximum Gasteiger partial charge on any atom is 0.322 e. The first-order valence-electron chi connectivity index (χ1n) is 8.46. The summed E-state index contributed by atoms with van der Waals surface area (Å²) in [6.45, 7) is 2.95. The Hall–Kier alpha value is -3.35. The molecule has 0 spiro atoms. The number of benzene rings is 2. The van der Waals surface area contributed by atoms with Crippen LogP contribution in [-0.2, 0) is 6.54 Å². The molecule has 0 fully saturated rings. The van der Waals surface area contributed by atoms with E-state index in [1.807, 2.05) is 55.5 Å². The van der Waals surface area contributed by atoms with Crippen LogP contribution in [0.1, 0.15) is 12.5 Å². The summed E-state index contributed by atoms with van der Waals surface area (Å²) >= 11 is 0. The maximum atomic E-state index is 12.9. The Morgan fingerprint density at radius 2 is 2.12 bits per heavy atom. The molecular weight excluding hydrogens is 330 g/mol. The number of nitrogens with zero attached hydrogens (tertiary/aromatic N) is 4. The zero-order valence-electron chi connectivity index (χ0n) is 14.4. The molecule has 132 valence electrons. The van der Waals surface area contributed by atoms with E-state index in [1.54, 1.807) is 22.0 Å². The Morgan fingerprint density at radius 3 is 2.96 bits per heavy atom. The summed E-state index contributed by atoms with van der Waals surface area (Å²) in [5.41, 5.74) is 2.54. The van der Waals surface area contributed by atoms with Gasteiger partial charge in [-0.1, -0.05) is 29.5 Å². The zero-order chi connectivity index (χ0) is 17.9. The Morgan fingerprint density at radius 1 is 1.23 bits per heavy atom. The van der Waals surface area contributed by atoms with Crippen LogP contribution in [0.5, 0.6) is 5.75 Å². The third-order valence-electron chi connectivity index (χ3n) is 4.37. The number of hydrogen-bond donors (Lipinski definition) is 1. The lowest BCUT2D eigenvalue weighted by Crippen LogP contribution is -2.42. The summed E-state index contributed by atoms with van der Waals surface area (Å²) in [7, 11) is 0. The van der Waals surface area contributed by atoms with Crippen molar-refractivity contribution in [3.05, 3.63) is 66.5 Å². The summed E-state index contributed by atoms with van der Waals surface area (Å²) in [6.07, 6.45) is 3.37. The molecule has 0 radical (unpaired) electrons. The number of carbonyl (C=O) groups excluding carboxylic acids is 1. The van der Waals surface area contributed by atoms with Crippen LogP contribution in [0.15, 0.2) is 60.9 Å². The van der Waals surface area contributed by atoms with E-state index in [2.05, 4.69) is 15.6 Å². The van der Waals surface area contributed by atoms with Crippen molar-refractivity contribution in [3.8, 4) is 11.4 Å². The Bertz CT molecular complexity index is 910. The lowest BCUT2D eigenvalue weighted by atomic mass is 10.2. The average molecular weight is 349 g/mol. The first-order valence-corrected chi connectivity index (χ1v) is 8.46. The molecule has 0 saturated carbocycles. The van der Waals surface area contributed by atoms with Crippen molar-refractivity contribution in [2.45, 2.75) is 19.5 Å². The highest BCUT2D eigenvalue weighted by atomic mass is 16.5. The molecule has 1 aliphatic rings. The van der Waals surface area contributed by atoms with E-state index < -0.39 is 0 Å². The second-order valence-corrected chi connectivity index (χ2v) is 6.22. The molecule has 0 bridgehead atoms. The van der Waals surface area contributed by atoms with Crippen molar-refractivity contribution in [2.24, 2.45) is 0 Å². The van der Waals surface area contributed by atoms with Crippen molar-refractivity contribution >= 4 is 11.7 Å². The summed E-state index contributed by atoms with van der Waals surface area (Å²) in [6, 6.07) is 15.1. The molecule has 7 nitrogen and oxygen atoms in total. The zero-order valence-corrected chi connectivity index (χ0v) is 14.4. The van der Waals surface area contributed by atoms with E-state index in [4.69, 9.17) is 4.74 Å². The fraction of sp³-hybridized carbons (Fsp3) is 0.211. The predicted octanol–water partition coefficient (Wildman–Crippen LogP) is 3.08. The number of carbonyl (C=O) groups is 1. The first kappa shape index (κ1) is 16.1. The van der Waals surface area contributed by atoms with Gasteiger partial charge in [-0.25, -0.2) is 9.48 Å². The molecule has 0 aliphatic carbocycles. The lowest BCUT2D eigenvalue weighted by Gasteiger charge is -2.26. The molecule has 4 rings (SSSR count). The van der Waals surface area contributed by atoms with Gasteiger partial charge in [0.05, 0.1) is 30.7 Å². The minimum absolute atomic E-state index is 0.0408. The molecule has 1 aromatic heterocycles. The number of rotatable bonds is 2. The molecule has 0 saturated heterocycles. The van der Waals surface area contributed by atoms with Gasteiger partial charge in [0, 0.05) is 11.3 Å². The standard InChI is InChI=1S/C19H19N5O2/c1-14-13-26-18-8-3-2-5-15(18)12-23(14)19(25)21-16-6-4-7-17(11-16)24-10-9-20-22-24/h2-11,14H,12-13H2,1H3,(H,21,25). The van der Waals surface area contributed by atoms with Crippen molar-refractivity contribution in [2.75, 3.05) is 11.9 Å². The van der Waals surface area contributed by atoms with Crippen LogP contribution in [0, 0.1) is 0 Å². The van der Waals surface area contributed by atoms with Crippen molar-refractivity contribution < 1.29 is 9.53 Å². The number of para-hydroxylation sites is 1. The number of hydrogen-bond acceptors (Lipinski definition) is 4. The average Bonchev–Trinajstić information content (AvgIpc) is 3.14. The smallest absolute Gasteiger partial charge is 0.322 e. The highest BCUT2D eigenvalue weighted by molar-refractivity contribution is 5.90. The minimum Gasteiger partial charge on any atom is -0.491 e. The number of aromatic nitrogens is 3. The molecule has 2 amide bonds. The van der Waals surface area contributed by atoms with E-state index in [-0.39, 0.29) is 12.1 Å². The normalized spacial score (nSPS) is 16.3. The molecule has 26 heavy (non-hydrogen) atoms. The van der Waals surface area contributed by atoms with Gasteiger partial charge in [0.2, 0.25) is 0 Å². The Kier molecular flexibility index (Phi) is 4.27. The third kappa shape index (κ3) is 3.23.